The van der Waals surface area contributed by atoms with Gasteiger partial charge in [0, 0.05) is 15.5 Å². The fraction of sp³-hybridized carbons (Fsp3) is 0.300. The maximum atomic E-state index is 5.22. The molecule has 0 aliphatic carbocycles. The normalized spacial score (nSPS) is 16.0. The average Bonchev–Trinajstić information content (AvgIpc) is 2.60. The van der Waals surface area contributed by atoms with Crippen molar-refractivity contribution < 1.29 is 4.74 Å². The number of aromatic nitrogens is 2. The quantitative estimate of drug-likeness (QED) is 0.739. The van der Waals surface area contributed by atoms with Gasteiger partial charge in [0.25, 0.3) is 0 Å². The molecule has 2 rings (SSSR count). The average molecular weight is 238 g/mol. The van der Waals surface area contributed by atoms with E-state index < -0.39 is 0 Å². The Morgan fingerprint density at radius 1 is 1.47 bits per heavy atom. The van der Waals surface area contributed by atoms with Gasteiger partial charge < -0.3 is 4.74 Å². The molecule has 0 saturated heterocycles. The molecular weight excluding hydrogens is 228 g/mol. The molecule has 3 nitrogen and oxygen atoms in total. The summed E-state index contributed by atoms with van der Waals surface area (Å²) in [5.74, 6) is 1.40. The van der Waals surface area contributed by atoms with Crippen LogP contribution in [0.3, 0.4) is 0 Å². The zero-order chi connectivity index (χ0) is 10.8. The van der Waals surface area contributed by atoms with E-state index in [-0.39, 0.29) is 0 Å². The van der Waals surface area contributed by atoms with Gasteiger partial charge in [-0.3, -0.25) is 4.98 Å². The van der Waals surface area contributed by atoms with Crippen LogP contribution >= 0.6 is 24.0 Å². The topological polar surface area (TPSA) is 35.0 Å². The summed E-state index contributed by atoms with van der Waals surface area (Å²) in [7, 11) is 1.58. The van der Waals surface area contributed by atoms with Gasteiger partial charge in [0.2, 0.25) is 5.88 Å². The first-order valence-electron chi connectivity index (χ1n) is 4.45. The molecule has 1 aromatic heterocycles. The van der Waals surface area contributed by atoms with E-state index in [1.54, 1.807) is 31.3 Å². The first kappa shape index (κ1) is 10.6. The van der Waals surface area contributed by atoms with Gasteiger partial charge in [-0.1, -0.05) is 12.2 Å². The fourth-order valence-electron chi connectivity index (χ4n) is 1.30. The molecule has 0 spiro atoms. The minimum atomic E-state index is 0.534. The molecular formula is C10H10N2OS2. The third kappa shape index (κ3) is 2.03. The molecule has 1 aliphatic rings. The van der Waals surface area contributed by atoms with E-state index in [2.05, 4.69) is 9.97 Å². The van der Waals surface area contributed by atoms with Gasteiger partial charge in [0.15, 0.2) is 0 Å². The smallest absolute Gasteiger partial charge is 0.232 e. The lowest BCUT2D eigenvalue weighted by Crippen LogP contribution is -1.94. The van der Waals surface area contributed by atoms with Crippen LogP contribution in [-0.4, -0.2) is 27.7 Å². The number of thiocarbonyl (C=S) groups is 1. The molecule has 78 valence electrons. The second-order valence-electron chi connectivity index (χ2n) is 3.11. The molecule has 0 N–H and O–H groups in total. The molecule has 2 heterocycles. The minimum absolute atomic E-state index is 0.534. The monoisotopic (exact) mass is 238 g/mol. The zero-order valence-corrected chi connectivity index (χ0v) is 10.1. The van der Waals surface area contributed by atoms with Crippen molar-refractivity contribution in [2.75, 3.05) is 12.9 Å². The molecule has 0 amide bonds. The summed E-state index contributed by atoms with van der Waals surface area (Å²) in [5.41, 5.74) is 1.98. The van der Waals surface area contributed by atoms with E-state index in [9.17, 15) is 0 Å². The fourth-order valence-corrected chi connectivity index (χ4v) is 2.72. The Balaban J connectivity index is 2.42. The second-order valence-corrected chi connectivity index (χ2v) is 4.59. The standard InChI is InChI=1S/C10H10N2OS2/c1-6-8(14)5-15-10(6)7-3-11-4-9(12-7)13-2/h3-4H,5H2,1-2H3. The number of allylic oxidation sites excluding steroid dienone is 1. The Kier molecular flexibility index (Phi) is 3.02. The van der Waals surface area contributed by atoms with E-state index in [1.807, 2.05) is 6.92 Å². The number of methoxy groups -OCH3 is 1. The molecule has 0 atom stereocenters. The Bertz CT molecular complexity index is 443. The van der Waals surface area contributed by atoms with Gasteiger partial charge in [-0.15, -0.1) is 11.8 Å². The highest BCUT2D eigenvalue weighted by Crippen LogP contribution is 2.36. The van der Waals surface area contributed by atoms with Gasteiger partial charge in [-0.2, -0.15) is 0 Å². The van der Waals surface area contributed by atoms with Crippen LogP contribution in [0.2, 0.25) is 0 Å². The third-order valence-corrected chi connectivity index (χ3v) is 4.03. The molecule has 1 aromatic rings. The van der Waals surface area contributed by atoms with Crippen LogP contribution in [-0.2, 0) is 0 Å². The van der Waals surface area contributed by atoms with Crippen molar-refractivity contribution in [2.45, 2.75) is 6.92 Å². The van der Waals surface area contributed by atoms with Crippen LogP contribution in [0.4, 0.5) is 0 Å². The number of hydrogen-bond acceptors (Lipinski definition) is 5. The highest BCUT2D eigenvalue weighted by Gasteiger charge is 2.19. The molecule has 1 aliphatic heterocycles. The van der Waals surface area contributed by atoms with Crippen molar-refractivity contribution in [3.63, 3.8) is 0 Å². The summed E-state index contributed by atoms with van der Waals surface area (Å²) < 4.78 is 5.04. The SMILES string of the molecule is COc1cncc(C2=C(C)C(=S)CS2)n1. The van der Waals surface area contributed by atoms with E-state index in [4.69, 9.17) is 17.0 Å². The van der Waals surface area contributed by atoms with E-state index in [0.717, 1.165) is 26.8 Å². The molecule has 0 aromatic carbocycles. The number of ether oxygens (including phenoxy) is 1. The summed E-state index contributed by atoms with van der Waals surface area (Å²) in [6.07, 6.45) is 3.33. The van der Waals surface area contributed by atoms with Crippen LogP contribution in [0.15, 0.2) is 18.0 Å². The van der Waals surface area contributed by atoms with Crippen molar-refractivity contribution >= 4 is 33.7 Å². The number of rotatable bonds is 2. The zero-order valence-electron chi connectivity index (χ0n) is 8.48. The molecule has 5 heteroatoms. The van der Waals surface area contributed by atoms with Crippen LogP contribution in [0, 0.1) is 0 Å². The Morgan fingerprint density at radius 3 is 2.87 bits per heavy atom. The van der Waals surface area contributed by atoms with Gasteiger partial charge in [-0.25, -0.2) is 4.98 Å². The largest absolute Gasteiger partial charge is 0.480 e. The van der Waals surface area contributed by atoms with Gasteiger partial charge in [0.1, 0.15) is 0 Å². The highest BCUT2D eigenvalue weighted by atomic mass is 32.2. The first-order valence-corrected chi connectivity index (χ1v) is 5.85. The maximum Gasteiger partial charge on any atom is 0.232 e. The predicted molar refractivity (Wildman–Crippen MR) is 66.2 cm³/mol. The Morgan fingerprint density at radius 2 is 2.27 bits per heavy atom. The van der Waals surface area contributed by atoms with Crippen molar-refractivity contribution in [3.8, 4) is 5.88 Å². The molecule has 15 heavy (non-hydrogen) atoms. The number of hydrogen-bond donors (Lipinski definition) is 0. The highest BCUT2D eigenvalue weighted by molar-refractivity contribution is 8.10. The summed E-state index contributed by atoms with van der Waals surface area (Å²) in [6, 6.07) is 0. The summed E-state index contributed by atoms with van der Waals surface area (Å²) in [5, 5.41) is 0. The van der Waals surface area contributed by atoms with Crippen LogP contribution in [0.5, 0.6) is 5.88 Å². The lowest BCUT2D eigenvalue weighted by Gasteiger charge is -2.03. The van der Waals surface area contributed by atoms with Crippen LogP contribution in [0.1, 0.15) is 12.6 Å². The summed E-state index contributed by atoms with van der Waals surface area (Å²) in [4.78, 5) is 10.5. The third-order valence-electron chi connectivity index (χ3n) is 2.16. The molecule has 0 saturated carbocycles. The van der Waals surface area contributed by atoms with Crippen LogP contribution < -0.4 is 4.74 Å². The minimum Gasteiger partial charge on any atom is -0.480 e. The lowest BCUT2D eigenvalue weighted by atomic mass is 10.2. The van der Waals surface area contributed by atoms with E-state index in [0.29, 0.717) is 5.88 Å². The van der Waals surface area contributed by atoms with E-state index in [1.165, 1.54) is 0 Å². The van der Waals surface area contributed by atoms with Crippen LogP contribution in [0.25, 0.3) is 4.91 Å². The lowest BCUT2D eigenvalue weighted by molar-refractivity contribution is 0.395. The van der Waals surface area contributed by atoms with Crippen molar-refractivity contribution in [1.29, 1.82) is 0 Å². The van der Waals surface area contributed by atoms with Gasteiger partial charge in [-0.05, 0) is 12.5 Å². The Hall–Kier alpha value is -0.940. The Labute approximate surface area is 98.0 Å². The van der Waals surface area contributed by atoms with E-state index >= 15 is 0 Å². The van der Waals surface area contributed by atoms with Gasteiger partial charge in [0.05, 0.1) is 25.2 Å². The van der Waals surface area contributed by atoms with Gasteiger partial charge >= 0.3 is 0 Å². The molecule has 0 bridgehead atoms. The molecule has 0 fully saturated rings. The summed E-state index contributed by atoms with van der Waals surface area (Å²) in [6.45, 7) is 2.03. The molecule has 0 unspecified atom stereocenters. The predicted octanol–water partition coefficient (Wildman–Crippen LogP) is 2.33. The first-order chi connectivity index (χ1) is 7.22. The summed E-state index contributed by atoms with van der Waals surface area (Å²) >= 11 is 6.93. The van der Waals surface area contributed by atoms with Crippen molar-refractivity contribution in [2.24, 2.45) is 0 Å². The maximum absolute atomic E-state index is 5.22. The van der Waals surface area contributed by atoms with Crippen molar-refractivity contribution in [1.82, 2.24) is 9.97 Å². The second kappa shape index (κ2) is 4.28. The van der Waals surface area contributed by atoms with Crippen molar-refractivity contribution in [3.05, 3.63) is 23.7 Å². The molecule has 0 radical (unpaired) electrons. The number of thioether (sulfide) groups is 1. The number of nitrogens with zero attached hydrogens (tertiary/aromatic N) is 2.